The highest BCUT2D eigenvalue weighted by atomic mass is 19.1. The topological polar surface area (TPSA) is 42.7 Å². The molecule has 2 aromatic heterocycles. The number of hydrogen-bond donors (Lipinski definition) is 1. The Hall–Kier alpha value is -2.27. The van der Waals surface area contributed by atoms with Gasteiger partial charge < -0.3 is 9.88 Å². The Labute approximate surface area is 134 Å². The zero-order valence-corrected chi connectivity index (χ0v) is 12.9. The average Bonchev–Trinajstić information content (AvgIpc) is 3.17. The molecule has 0 spiro atoms. The lowest BCUT2D eigenvalue weighted by Crippen LogP contribution is -2.14. The molecule has 1 aromatic carbocycles. The van der Waals surface area contributed by atoms with Gasteiger partial charge >= 0.3 is 0 Å². The molecule has 4 nitrogen and oxygen atoms in total. The van der Waals surface area contributed by atoms with Gasteiger partial charge in [0, 0.05) is 12.6 Å². The fourth-order valence-electron chi connectivity index (χ4n) is 3.29. The number of hydrogen-bond acceptors (Lipinski definition) is 3. The summed E-state index contributed by atoms with van der Waals surface area (Å²) >= 11 is 0. The Morgan fingerprint density at radius 3 is 3.04 bits per heavy atom. The second kappa shape index (κ2) is 6.08. The fourth-order valence-corrected chi connectivity index (χ4v) is 3.29. The van der Waals surface area contributed by atoms with Crippen molar-refractivity contribution >= 4 is 11.2 Å². The van der Waals surface area contributed by atoms with Crippen LogP contribution in [0.3, 0.4) is 0 Å². The molecule has 1 unspecified atom stereocenters. The van der Waals surface area contributed by atoms with Gasteiger partial charge in [-0.3, -0.25) is 0 Å². The van der Waals surface area contributed by atoms with Crippen molar-refractivity contribution in [1.82, 2.24) is 19.9 Å². The van der Waals surface area contributed by atoms with Crippen molar-refractivity contribution in [3.63, 3.8) is 0 Å². The van der Waals surface area contributed by atoms with E-state index in [0.717, 1.165) is 42.1 Å². The van der Waals surface area contributed by atoms with Crippen LogP contribution in [0, 0.1) is 11.7 Å². The van der Waals surface area contributed by atoms with Gasteiger partial charge in [-0.2, -0.15) is 0 Å². The van der Waals surface area contributed by atoms with E-state index in [9.17, 15) is 4.39 Å². The first-order valence-electron chi connectivity index (χ1n) is 8.05. The number of imidazole rings is 1. The average molecular weight is 310 g/mol. The summed E-state index contributed by atoms with van der Waals surface area (Å²) in [4.78, 5) is 9.26. The van der Waals surface area contributed by atoms with Crippen molar-refractivity contribution in [3.05, 3.63) is 59.8 Å². The van der Waals surface area contributed by atoms with Crippen molar-refractivity contribution in [2.45, 2.75) is 19.4 Å². The summed E-state index contributed by atoms with van der Waals surface area (Å²) in [6.07, 6.45) is 3.89. The fraction of sp³-hybridized carbons (Fsp3) is 0.333. The Bertz CT molecular complexity index is 821. The third-order valence-corrected chi connectivity index (χ3v) is 4.45. The normalized spacial score (nSPS) is 17.9. The Morgan fingerprint density at radius 2 is 2.22 bits per heavy atom. The van der Waals surface area contributed by atoms with Crippen molar-refractivity contribution < 1.29 is 4.39 Å². The lowest BCUT2D eigenvalue weighted by atomic mass is 10.0. The van der Waals surface area contributed by atoms with Gasteiger partial charge in [-0.25, -0.2) is 14.4 Å². The molecule has 1 aliphatic heterocycles. The minimum atomic E-state index is -0.207. The highest BCUT2D eigenvalue weighted by Gasteiger charge is 2.20. The van der Waals surface area contributed by atoms with E-state index in [1.807, 2.05) is 18.2 Å². The lowest BCUT2D eigenvalue weighted by molar-refractivity contribution is 0.544. The zero-order valence-electron chi connectivity index (χ0n) is 12.9. The number of fused-ring (bicyclic) bond motifs is 1. The molecule has 1 fully saturated rings. The van der Waals surface area contributed by atoms with E-state index in [0.29, 0.717) is 12.5 Å². The van der Waals surface area contributed by atoms with Crippen molar-refractivity contribution in [2.75, 3.05) is 13.1 Å². The van der Waals surface area contributed by atoms with Crippen LogP contribution in [0.15, 0.2) is 42.6 Å². The Balaban J connectivity index is 1.72. The number of halogens is 1. The molecule has 1 N–H and O–H groups in total. The highest BCUT2D eigenvalue weighted by molar-refractivity contribution is 5.71. The van der Waals surface area contributed by atoms with E-state index in [2.05, 4.69) is 14.9 Å². The molecular formula is C18H19FN4. The molecule has 0 bridgehead atoms. The summed E-state index contributed by atoms with van der Waals surface area (Å²) in [5.41, 5.74) is 2.71. The SMILES string of the molecule is Fc1cccc(Cn2c(CC3CCNC3)nc3cccnc32)c1. The second-order valence-electron chi connectivity index (χ2n) is 6.15. The van der Waals surface area contributed by atoms with Crippen molar-refractivity contribution in [3.8, 4) is 0 Å². The molecule has 0 aliphatic carbocycles. The molecule has 0 radical (unpaired) electrons. The maximum Gasteiger partial charge on any atom is 0.160 e. The van der Waals surface area contributed by atoms with E-state index < -0.39 is 0 Å². The molecule has 0 saturated carbocycles. The lowest BCUT2D eigenvalue weighted by Gasteiger charge is -2.12. The predicted molar refractivity (Wildman–Crippen MR) is 87.7 cm³/mol. The number of nitrogens with zero attached hydrogens (tertiary/aromatic N) is 3. The smallest absolute Gasteiger partial charge is 0.160 e. The standard InChI is InChI=1S/C18H19FN4/c19-15-4-1-3-14(9-15)12-23-17(10-13-6-8-20-11-13)22-16-5-2-7-21-18(16)23/h1-5,7,9,13,20H,6,8,10-12H2. The molecule has 5 heteroatoms. The van der Waals surface area contributed by atoms with E-state index >= 15 is 0 Å². The summed E-state index contributed by atoms with van der Waals surface area (Å²) in [5, 5.41) is 3.40. The first kappa shape index (κ1) is 14.3. The third kappa shape index (κ3) is 2.97. The van der Waals surface area contributed by atoms with E-state index in [1.54, 1.807) is 18.3 Å². The van der Waals surface area contributed by atoms with Crippen LogP contribution in [-0.4, -0.2) is 27.6 Å². The van der Waals surface area contributed by atoms with E-state index in [-0.39, 0.29) is 5.82 Å². The van der Waals surface area contributed by atoms with Gasteiger partial charge in [0.25, 0.3) is 0 Å². The number of aromatic nitrogens is 3. The molecule has 118 valence electrons. The van der Waals surface area contributed by atoms with Gasteiger partial charge in [0.1, 0.15) is 17.2 Å². The number of benzene rings is 1. The first-order valence-corrected chi connectivity index (χ1v) is 8.05. The minimum Gasteiger partial charge on any atom is -0.316 e. The number of rotatable bonds is 4. The molecule has 3 heterocycles. The summed E-state index contributed by atoms with van der Waals surface area (Å²) in [6.45, 7) is 2.71. The van der Waals surface area contributed by atoms with Crippen LogP contribution >= 0.6 is 0 Å². The van der Waals surface area contributed by atoms with Crippen LogP contribution in [0.2, 0.25) is 0 Å². The van der Waals surface area contributed by atoms with Gasteiger partial charge in [-0.15, -0.1) is 0 Å². The highest BCUT2D eigenvalue weighted by Crippen LogP contribution is 2.21. The zero-order chi connectivity index (χ0) is 15.6. The predicted octanol–water partition coefficient (Wildman–Crippen LogP) is 2.77. The van der Waals surface area contributed by atoms with Gasteiger partial charge in [-0.1, -0.05) is 12.1 Å². The van der Waals surface area contributed by atoms with Crippen LogP contribution in [-0.2, 0) is 13.0 Å². The van der Waals surface area contributed by atoms with Crippen molar-refractivity contribution in [2.24, 2.45) is 5.92 Å². The molecule has 4 rings (SSSR count). The second-order valence-corrected chi connectivity index (χ2v) is 6.15. The quantitative estimate of drug-likeness (QED) is 0.806. The maximum atomic E-state index is 13.5. The molecule has 23 heavy (non-hydrogen) atoms. The molecule has 0 amide bonds. The number of pyridine rings is 1. The van der Waals surface area contributed by atoms with Crippen molar-refractivity contribution in [1.29, 1.82) is 0 Å². The maximum absolute atomic E-state index is 13.5. The van der Waals surface area contributed by atoms with Gasteiger partial charge in [-0.05, 0) is 55.3 Å². The summed E-state index contributed by atoms with van der Waals surface area (Å²) in [6, 6.07) is 10.6. The molecular weight excluding hydrogens is 291 g/mol. The molecule has 1 aliphatic rings. The van der Waals surface area contributed by atoms with Crippen LogP contribution in [0.4, 0.5) is 4.39 Å². The van der Waals surface area contributed by atoms with Crippen LogP contribution in [0.1, 0.15) is 17.8 Å². The van der Waals surface area contributed by atoms with Gasteiger partial charge in [0.05, 0.1) is 6.54 Å². The summed E-state index contributed by atoms with van der Waals surface area (Å²) in [5.74, 6) is 1.44. The van der Waals surface area contributed by atoms with Crippen LogP contribution in [0.25, 0.3) is 11.2 Å². The van der Waals surface area contributed by atoms with Crippen LogP contribution in [0.5, 0.6) is 0 Å². The van der Waals surface area contributed by atoms with E-state index in [1.165, 1.54) is 12.5 Å². The monoisotopic (exact) mass is 310 g/mol. The minimum absolute atomic E-state index is 0.207. The summed E-state index contributed by atoms with van der Waals surface area (Å²) < 4.78 is 15.6. The van der Waals surface area contributed by atoms with E-state index in [4.69, 9.17) is 4.98 Å². The Kier molecular flexibility index (Phi) is 3.79. The van der Waals surface area contributed by atoms with Crippen LogP contribution < -0.4 is 5.32 Å². The van der Waals surface area contributed by atoms with Gasteiger partial charge in [0.15, 0.2) is 5.65 Å². The summed E-state index contributed by atoms with van der Waals surface area (Å²) in [7, 11) is 0. The Morgan fingerprint density at radius 1 is 1.26 bits per heavy atom. The van der Waals surface area contributed by atoms with Gasteiger partial charge in [0.2, 0.25) is 0 Å². The largest absolute Gasteiger partial charge is 0.316 e. The molecule has 3 aromatic rings. The third-order valence-electron chi connectivity index (χ3n) is 4.45. The first-order chi connectivity index (χ1) is 11.3. The molecule has 1 atom stereocenters. The number of nitrogens with one attached hydrogen (secondary N) is 1. The molecule has 1 saturated heterocycles.